The Morgan fingerprint density at radius 3 is 0.290 bits per heavy atom. The number of halogens is 6. The first kappa shape index (κ1) is 48.2. The van der Waals surface area contributed by atoms with Gasteiger partial charge in [-0.3, -0.25) is 0 Å². The van der Waals surface area contributed by atoms with Gasteiger partial charge in [0.15, 0.2) is 0 Å². The van der Waals surface area contributed by atoms with Gasteiger partial charge in [-0.05, 0) is 0 Å². The van der Waals surface area contributed by atoms with Gasteiger partial charge in [0.05, 0.1) is 0 Å². The van der Waals surface area contributed by atoms with Gasteiger partial charge < -0.3 is 27.3 Å². The molecule has 0 bridgehead atoms. The van der Waals surface area contributed by atoms with Gasteiger partial charge >= 0.3 is 0 Å². The van der Waals surface area contributed by atoms with Crippen LogP contribution in [-0.4, -0.2) is 77.8 Å². The van der Waals surface area contributed by atoms with E-state index < -0.39 is 63.0 Å². The molecule has 0 aliphatic carbocycles. The molecule has 31 heteroatoms. The first-order valence-electron chi connectivity index (χ1n) is 3.93. The Hall–Kier alpha value is -0.272. The van der Waals surface area contributed by atoms with E-state index in [0.29, 0.717) is 0 Å². The van der Waals surface area contributed by atoms with Gasteiger partial charge in [0.25, 0.3) is 63.0 Å². The molecule has 0 N–H and O–H groups in total. The smallest absolute Gasteiger partial charge is 0.255 e. The first-order chi connectivity index (χ1) is 12.0. The van der Waals surface area contributed by atoms with Crippen LogP contribution in [0.15, 0.2) is 0 Å². The zero-order chi connectivity index (χ0) is 27.0. The van der Waals surface area contributed by atoms with Crippen molar-refractivity contribution in [3.63, 3.8) is 0 Å². The van der Waals surface area contributed by atoms with Gasteiger partial charge in [0, 0.05) is 21.1 Å². The van der Waals surface area contributed by atoms with Crippen molar-refractivity contribution in [2.45, 2.75) is 0 Å². The minimum atomic E-state index is -5.42. The van der Waals surface area contributed by atoms with E-state index in [1.165, 1.54) is 0 Å². The molecule has 18 nitrogen and oxygen atoms in total. The zero-order valence-corrected chi connectivity index (χ0v) is 19.4. The average Bonchev–Trinajstić information content (AvgIpc) is 1.94. The molecule has 0 spiro atoms. The molecule has 0 aliphatic rings. The molecule has 0 aromatic heterocycles. The minimum Gasteiger partial charge on any atom is -0.722 e. The summed E-state index contributed by atoms with van der Waals surface area (Å²) in [7, 11) is -32.5. The van der Waals surface area contributed by atoms with Crippen LogP contribution in [0.2, 0.25) is 0 Å². The van der Waals surface area contributed by atoms with Crippen molar-refractivity contribution in [3.8, 4) is 0 Å². The average molecular weight is 690 g/mol. The van der Waals surface area contributed by atoms with Crippen LogP contribution in [0.5, 0.6) is 0 Å². The maximum absolute atomic E-state index is 10.1. The van der Waals surface area contributed by atoms with Crippen molar-refractivity contribution in [1.29, 1.82) is 0 Å². The van der Waals surface area contributed by atoms with Crippen LogP contribution >= 0.6 is 0 Å². The zero-order valence-electron chi connectivity index (χ0n) is 12.5. The molecule has 198 valence electrons. The van der Waals surface area contributed by atoms with Crippen LogP contribution in [0.3, 0.4) is 0 Å². The largest absolute Gasteiger partial charge is 0.722 e. The van der Waals surface area contributed by atoms with E-state index in [-0.39, 0.29) is 21.1 Å². The summed E-state index contributed by atoms with van der Waals surface area (Å²) < 4.78 is 212. The molecule has 0 heterocycles. The van der Waals surface area contributed by atoms with E-state index in [0.717, 1.165) is 0 Å². The molecule has 0 aromatic rings. The fourth-order valence-corrected chi connectivity index (χ4v) is 0. The number of hydrogen-bond acceptors (Lipinski definition) is 18. The molecule has 0 radical (unpaired) electrons. The van der Waals surface area contributed by atoms with Crippen molar-refractivity contribution in [3.05, 3.63) is 0 Å². The Morgan fingerprint density at radius 2 is 0.290 bits per heavy atom. The molecule has 0 aromatic carbocycles. The van der Waals surface area contributed by atoms with Crippen molar-refractivity contribution in [2.75, 3.05) is 0 Å². The van der Waals surface area contributed by atoms with E-state index in [1.807, 2.05) is 0 Å². The van der Waals surface area contributed by atoms with E-state index >= 15 is 0 Å². The van der Waals surface area contributed by atoms with Gasteiger partial charge in [0.2, 0.25) is 0 Å². The Kier molecular flexibility index (Phi) is 29.9. The summed E-state index contributed by atoms with van der Waals surface area (Å²) in [4.78, 5) is 0. The van der Waals surface area contributed by atoms with Gasteiger partial charge in [-0.1, -0.05) is 0 Å². The molecule has 0 amide bonds. The van der Waals surface area contributed by atoms with Crippen LogP contribution in [0.4, 0.5) is 23.3 Å². The third-order valence-electron chi connectivity index (χ3n) is 0. The van der Waals surface area contributed by atoms with Crippen molar-refractivity contribution >= 4 is 63.0 Å². The van der Waals surface area contributed by atoms with Crippen LogP contribution in [-0.2, 0) is 84.1 Å². The third kappa shape index (κ3) is 310000. The minimum absolute atomic E-state index is 0. The standard InChI is InChI=1S/6FHO3S.Mo/c6*1-5(2,3)4;/h6*(H,2,3,4);/p-6. The molecule has 0 saturated carbocycles. The predicted octanol–water partition coefficient (Wildman–Crippen LogP) is -3.51. The first-order valence-corrected chi connectivity index (χ1v) is 11.8. The molecule has 0 atom stereocenters. The second kappa shape index (κ2) is 19.2. The van der Waals surface area contributed by atoms with Gasteiger partial charge in [-0.2, -0.15) is 0 Å². The monoisotopic (exact) mass is 692 g/mol. The quantitative estimate of drug-likeness (QED) is 0.103. The molecule has 31 heavy (non-hydrogen) atoms. The summed E-state index contributed by atoms with van der Waals surface area (Å²) in [6, 6.07) is 0. The fraction of sp³-hybridized carbons (Fsp3) is 0. The van der Waals surface area contributed by atoms with Gasteiger partial charge in [0.1, 0.15) is 0 Å². The third-order valence-corrected chi connectivity index (χ3v) is 0. The predicted molar refractivity (Wildman–Crippen MR) is 64.8 cm³/mol. The Bertz CT molecular complexity index is 779. The molecular weight excluding hydrogens is 690 g/mol. The van der Waals surface area contributed by atoms with Crippen molar-refractivity contribution in [2.24, 2.45) is 0 Å². The summed E-state index contributed by atoms with van der Waals surface area (Å²) in [6.07, 6.45) is 0. The Balaban J connectivity index is -0.0000000443. The Morgan fingerprint density at radius 1 is 0.290 bits per heavy atom. The van der Waals surface area contributed by atoms with Crippen LogP contribution in [0.25, 0.3) is 0 Å². The summed E-state index contributed by atoms with van der Waals surface area (Å²) >= 11 is 0. The van der Waals surface area contributed by atoms with Crippen molar-refractivity contribution < 1.29 is 122 Å². The molecular formula is F6MoO18S6-6. The summed E-state index contributed by atoms with van der Waals surface area (Å²) in [5.74, 6) is 0. The SMILES string of the molecule is O=S(=O)([O-])F.O=S(=O)([O-])F.O=S(=O)([O-])F.O=S(=O)([O-])F.O=S(=O)([O-])F.O=S(=O)([O-])F.[Mo]. The summed E-state index contributed by atoms with van der Waals surface area (Å²) in [6.45, 7) is 0. The second-order valence-electron chi connectivity index (χ2n) is 2.36. The summed E-state index contributed by atoms with van der Waals surface area (Å²) in [5, 5.41) is 0. The van der Waals surface area contributed by atoms with Gasteiger partial charge in [-0.25, -0.2) is 50.5 Å². The summed E-state index contributed by atoms with van der Waals surface area (Å²) in [5.41, 5.74) is 0. The van der Waals surface area contributed by atoms with E-state index in [1.54, 1.807) is 0 Å². The molecule has 0 fully saturated rings. The molecule has 0 unspecified atom stereocenters. The van der Waals surface area contributed by atoms with E-state index in [2.05, 4.69) is 0 Å². The maximum Gasteiger partial charge on any atom is 0.255 e. The van der Waals surface area contributed by atoms with Crippen molar-refractivity contribution in [1.82, 2.24) is 0 Å². The van der Waals surface area contributed by atoms with Crippen LogP contribution in [0.1, 0.15) is 0 Å². The molecule has 0 saturated heterocycles. The van der Waals surface area contributed by atoms with Crippen LogP contribution < -0.4 is 0 Å². The van der Waals surface area contributed by atoms with Crippen LogP contribution in [0, 0.1) is 0 Å². The maximum atomic E-state index is 10.1. The molecule has 0 rings (SSSR count). The van der Waals surface area contributed by atoms with E-state index in [9.17, 15) is 23.3 Å². The normalized spacial score (nSPS) is 11.2. The Labute approximate surface area is 184 Å². The van der Waals surface area contributed by atoms with Gasteiger partial charge in [-0.15, -0.1) is 23.3 Å². The van der Waals surface area contributed by atoms with E-state index in [4.69, 9.17) is 77.8 Å². The number of rotatable bonds is 0. The topological polar surface area (TPSA) is 343 Å². The number of hydrogen-bond donors (Lipinski definition) is 0. The molecule has 0 aliphatic heterocycles. The fourth-order valence-electron chi connectivity index (χ4n) is 0. The second-order valence-corrected chi connectivity index (χ2v) is 7.08.